The molecule has 1 saturated heterocycles. The second kappa shape index (κ2) is 3.70. The highest BCUT2D eigenvalue weighted by molar-refractivity contribution is 6.00. The number of piperidine rings is 1. The first kappa shape index (κ1) is 12.1. The van der Waals surface area contributed by atoms with Gasteiger partial charge in [-0.2, -0.15) is 0 Å². The van der Waals surface area contributed by atoms with E-state index in [0.29, 0.717) is 24.0 Å². The maximum absolute atomic E-state index is 12.4. The van der Waals surface area contributed by atoms with Crippen LogP contribution in [0.5, 0.6) is 0 Å². The molecule has 3 nitrogen and oxygen atoms in total. The average Bonchev–Trinajstić information content (AvgIpc) is 2.59. The number of hydrogen-bond donors (Lipinski definition) is 1. The fraction of sp³-hybridized carbons (Fsp3) is 0.812. The van der Waals surface area contributed by atoms with Gasteiger partial charge in [-0.05, 0) is 43.9 Å². The highest BCUT2D eigenvalue weighted by Gasteiger charge is 2.68. The van der Waals surface area contributed by atoms with Gasteiger partial charge in [0.25, 0.3) is 0 Å². The quantitative estimate of drug-likeness (QED) is 0.726. The molecule has 0 aromatic heterocycles. The molecule has 4 aliphatic rings. The fourth-order valence-electron chi connectivity index (χ4n) is 5.68. The maximum atomic E-state index is 12.4. The van der Waals surface area contributed by atoms with Crippen molar-refractivity contribution >= 4 is 5.78 Å². The van der Waals surface area contributed by atoms with E-state index in [0.717, 1.165) is 50.8 Å². The smallest absolute Gasteiger partial charge is 0.159 e. The van der Waals surface area contributed by atoms with E-state index in [2.05, 4.69) is 17.9 Å². The normalized spacial score (nSPS) is 52.4. The number of carbonyl (C=O) groups excluding carboxylic acids is 1. The minimum Gasteiger partial charge on any atom is -0.375 e. The molecule has 2 bridgehead atoms. The Morgan fingerprint density at radius 1 is 1.42 bits per heavy atom. The number of ketones is 1. The van der Waals surface area contributed by atoms with Crippen LogP contribution in [0.1, 0.15) is 45.4 Å². The van der Waals surface area contributed by atoms with E-state index in [4.69, 9.17) is 0 Å². The van der Waals surface area contributed by atoms with Crippen LogP contribution in [0.4, 0.5) is 0 Å². The Bertz CT molecular complexity index is 471. The molecule has 3 heteroatoms. The van der Waals surface area contributed by atoms with Crippen LogP contribution in [0.2, 0.25) is 0 Å². The Morgan fingerprint density at radius 3 is 3.11 bits per heavy atom. The van der Waals surface area contributed by atoms with Crippen molar-refractivity contribution in [2.45, 2.75) is 51.2 Å². The van der Waals surface area contributed by atoms with Gasteiger partial charge in [0, 0.05) is 30.5 Å². The maximum Gasteiger partial charge on any atom is 0.159 e. The minimum atomic E-state index is -0.748. The van der Waals surface area contributed by atoms with E-state index in [1.165, 1.54) is 0 Å². The Morgan fingerprint density at radius 2 is 2.26 bits per heavy atom. The van der Waals surface area contributed by atoms with Gasteiger partial charge in [-0.25, -0.2) is 0 Å². The van der Waals surface area contributed by atoms with Gasteiger partial charge in [-0.1, -0.05) is 13.0 Å². The van der Waals surface area contributed by atoms with Crippen LogP contribution in [0, 0.1) is 17.3 Å². The van der Waals surface area contributed by atoms with E-state index >= 15 is 0 Å². The van der Waals surface area contributed by atoms with Gasteiger partial charge in [0.15, 0.2) is 5.78 Å². The van der Waals surface area contributed by atoms with Crippen LogP contribution in [0.15, 0.2) is 11.6 Å². The van der Waals surface area contributed by atoms with Gasteiger partial charge in [0.05, 0.1) is 0 Å². The van der Waals surface area contributed by atoms with Crippen molar-refractivity contribution in [3.63, 3.8) is 0 Å². The highest BCUT2D eigenvalue weighted by Crippen LogP contribution is 2.65. The number of aliphatic hydroxyl groups is 1. The minimum absolute atomic E-state index is 0.231. The lowest BCUT2D eigenvalue weighted by atomic mass is 9.55. The third-order valence-electron chi connectivity index (χ3n) is 6.21. The monoisotopic (exact) mass is 261 g/mol. The molecule has 2 heterocycles. The fourth-order valence-corrected chi connectivity index (χ4v) is 5.68. The summed E-state index contributed by atoms with van der Waals surface area (Å²) >= 11 is 0. The van der Waals surface area contributed by atoms with Crippen molar-refractivity contribution in [3.05, 3.63) is 11.6 Å². The largest absolute Gasteiger partial charge is 0.375 e. The van der Waals surface area contributed by atoms with Crippen LogP contribution >= 0.6 is 0 Å². The Kier molecular flexibility index (Phi) is 2.36. The van der Waals surface area contributed by atoms with Gasteiger partial charge < -0.3 is 5.11 Å². The molecule has 104 valence electrons. The SMILES string of the molecule is CC1CC2CC(=O)C3=CCCN4CCCC32C4(O)C1. The van der Waals surface area contributed by atoms with Gasteiger partial charge >= 0.3 is 0 Å². The molecule has 3 fully saturated rings. The predicted molar refractivity (Wildman–Crippen MR) is 72.4 cm³/mol. The molecule has 1 spiro atoms. The molecule has 0 radical (unpaired) electrons. The number of rotatable bonds is 0. The van der Waals surface area contributed by atoms with Crippen molar-refractivity contribution < 1.29 is 9.90 Å². The second-order valence-corrected chi connectivity index (χ2v) is 7.15. The number of hydrogen-bond acceptors (Lipinski definition) is 3. The third-order valence-corrected chi connectivity index (χ3v) is 6.21. The summed E-state index contributed by atoms with van der Waals surface area (Å²) in [6.45, 7) is 4.14. The van der Waals surface area contributed by atoms with E-state index < -0.39 is 5.72 Å². The Labute approximate surface area is 114 Å². The van der Waals surface area contributed by atoms with Crippen LogP contribution < -0.4 is 0 Å². The molecular formula is C16H23NO2. The summed E-state index contributed by atoms with van der Waals surface area (Å²) in [4.78, 5) is 14.7. The summed E-state index contributed by atoms with van der Waals surface area (Å²) in [5, 5.41) is 11.5. The summed E-state index contributed by atoms with van der Waals surface area (Å²) in [5.41, 5.74) is 0.0158. The summed E-state index contributed by atoms with van der Waals surface area (Å²) in [5.74, 6) is 1.22. The number of nitrogens with zero attached hydrogens (tertiary/aromatic N) is 1. The van der Waals surface area contributed by atoms with E-state index in [9.17, 15) is 9.90 Å². The molecular weight excluding hydrogens is 238 g/mol. The zero-order valence-electron chi connectivity index (χ0n) is 11.7. The predicted octanol–water partition coefficient (Wildman–Crippen LogP) is 2.11. The van der Waals surface area contributed by atoms with Crippen molar-refractivity contribution in [2.24, 2.45) is 17.3 Å². The van der Waals surface area contributed by atoms with Crippen LogP contribution in [0.3, 0.4) is 0 Å². The molecule has 2 aliphatic carbocycles. The Hall–Kier alpha value is -0.670. The van der Waals surface area contributed by atoms with Gasteiger partial charge in [0.2, 0.25) is 0 Å². The first-order valence-corrected chi connectivity index (χ1v) is 7.79. The first-order valence-electron chi connectivity index (χ1n) is 7.79. The molecule has 19 heavy (non-hydrogen) atoms. The topological polar surface area (TPSA) is 40.5 Å². The zero-order valence-corrected chi connectivity index (χ0v) is 11.7. The van der Waals surface area contributed by atoms with Crippen molar-refractivity contribution in [1.29, 1.82) is 0 Å². The standard InChI is InChI=1S/C16H23NO2/c1-11-8-12-9-14(18)13-4-2-6-17-7-3-5-15(12,13)16(17,19)10-11/h4,11-12,19H,2-3,5-10H2,1H3. The van der Waals surface area contributed by atoms with E-state index in [1.54, 1.807) is 0 Å². The summed E-state index contributed by atoms with van der Waals surface area (Å²) < 4.78 is 0. The van der Waals surface area contributed by atoms with Crippen LogP contribution in [-0.2, 0) is 4.79 Å². The van der Waals surface area contributed by atoms with Crippen LogP contribution in [0.25, 0.3) is 0 Å². The van der Waals surface area contributed by atoms with Crippen molar-refractivity contribution in [3.8, 4) is 0 Å². The molecule has 0 amide bonds. The lowest BCUT2D eigenvalue weighted by molar-refractivity contribution is -0.242. The van der Waals surface area contributed by atoms with Gasteiger partial charge in [-0.15, -0.1) is 0 Å². The molecule has 5 unspecified atom stereocenters. The lowest BCUT2D eigenvalue weighted by Crippen LogP contribution is -2.67. The Balaban J connectivity index is 1.94. The molecule has 4 rings (SSSR count). The average molecular weight is 261 g/mol. The van der Waals surface area contributed by atoms with E-state index in [-0.39, 0.29) is 5.41 Å². The number of carbonyl (C=O) groups is 1. The highest BCUT2D eigenvalue weighted by atomic mass is 16.3. The summed E-state index contributed by atoms with van der Waals surface area (Å²) in [6.07, 6.45) is 7.84. The molecule has 0 aromatic rings. The second-order valence-electron chi connectivity index (χ2n) is 7.15. The molecule has 2 saturated carbocycles. The molecule has 1 N–H and O–H groups in total. The van der Waals surface area contributed by atoms with Gasteiger partial charge in [-0.3, -0.25) is 9.69 Å². The van der Waals surface area contributed by atoms with Gasteiger partial charge in [0.1, 0.15) is 5.72 Å². The number of Topliss-reactive ketones (excluding diaryl/α,β-unsaturated/α-hetero) is 1. The zero-order chi connectivity index (χ0) is 13.3. The van der Waals surface area contributed by atoms with Crippen LogP contribution in [-0.4, -0.2) is 34.6 Å². The molecule has 2 aliphatic heterocycles. The van der Waals surface area contributed by atoms with E-state index in [1.807, 2.05) is 0 Å². The summed E-state index contributed by atoms with van der Waals surface area (Å²) in [6, 6.07) is 0. The lowest BCUT2D eigenvalue weighted by Gasteiger charge is -2.60. The van der Waals surface area contributed by atoms with Crippen molar-refractivity contribution in [2.75, 3.05) is 13.1 Å². The molecule has 0 aromatic carbocycles. The first-order chi connectivity index (χ1) is 9.08. The third kappa shape index (κ3) is 1.28. The summed E-state index contributed by atoms with van der Waals surface area (Å²) in [7, 11) is 0. The van der Waals surface area contributed by atoms with Crippen molar-refractivity contribution in [1.82, 2.24) is 4.90 Å². The molecule has 5 atom stereocenters.